The second-order valence-corrected chi connectivity index (χ2v) is 2.99. The number of amidine groups is 1. The quantitative estimate of drug-likeness (QED) is 0.538. The minimum absolute atomic E-state index is 0.0461. The van der Waals surface area contributed by atoms with Crippen LogP contribution in [0.15, 0.2) is 4.99 Å². The lowest BCUT2D eigenvalue weighted by Gasteiger charge is -2.19. The molecule has 1 rings (SSSR count). The Kier molecular flexibility index (Phi) is 4.04. The van der Waals surface area contributed by atoms with E-state index in [1.54, 1.807) is 0 Å². The molecule has 1 aliphatic rings. The van der Waals surface area contributed by atoms with E-state index in [0.717, 1.165) is 31.6 Å². The summed E-state index contributed by atoms with van der Waals surface area (Å²) in [6.07, 6.45) is 3.24. The Bertz CT molecular complexity index is 155. The van der Waals surface area contributed by atoms with E-state index in [4.69, 9.17) is 10.2 Å². The summed E-state index contributed by atoms with van der Waals surface area (Å²) in [4.78, 5) is 4.25. The summed E-state index contributed by atoms with van der Waals surface area (Å²) < 4.78 is 0. The molecule has 1 aliphatic heterocycles. The molecule has 0 saturated carbocycles. The van der Waals surface area contributed by atoms with Crippen molar-refractivity contribution in [2.75, 3.05) is 19.8 Å². The zero-order chi connectivity index (χ0) is 8.81. The molecule has 0 fully saturated rings. The van der Waals surface area contributed by atoms with Crippen molar-refractivity contribution in [2.45, 2.75) is 25.3 Å². The molecule has 70 valence electrons. The average molecular weight is 172 g/mol. The molecule has 0 aromatic rings. The molecule has 0 aliphatic carbocycles. The first-order valence-corrected chi connectivity index (χ1v) is 4.38. The van der Waals surface area contributed by atoms with Gasteiger partial charge < -0.3 is 15.5 Å². The Morgan fingerprint density at radius 2 is 2.08 bits per heavy atom. The van der Waals surface area contributed by atoms with Crippen molar-refractivity contribution in [1.29, 1.82) is 0 Å². The molecule has 12 heavy (non-hydrogen) atoms. The highest BCUT2D eigenvalue weighted by Crippen LogP contribution is 2.04. The first kappa shape index (κ1) is 9.48. The number of aliphatic hydroxyl groups excluding tert-OH is 2. The van der Waals surface area contributed by atoms with Crippen molar-refractivity contribution < 1.29 is 10.2 Å². The Labute approximate surface area is 72.3 Å². The normalized spacial score (nSPS) is 17.8. The van der Waals surface area contributed by atoms with Crippen LogP contribution in [-0.4, -0.2) is 41.8 Å². The van der Waals surface area contributed by atoms with Gasteiger partial charge in [-0.25, -0.2) is 0 Å². The molecule has 4 heteroatoms. The molecular weight excluding hydrogens is 156 g/mol. The Hall–Kier alpha value is -0.610. The molecular formula is C8H16N2O2. The maximum Gasteiger partial charge on any atom is 0.0966 e. The van der Waals surface area contributed by atoms with Crippen molar-refractivity contribution in [1.82, 2.24) is 5.32 Å². The van der Waals surface area contributed by atoms with Crippen LogP contribution in [0.4, 0.5) is 0 Å². The first-order chi connectivity index (χ1) is 5.86. The minimum atomic E-state index is -0.248. The summed E-state index contributed by atoms with van der Waals surface area (Å²) in [5, 5.41) is 20.6. The first-order valence-electron chi connectivity index (χ1n) is 4.38. The highest BCUT2D eigenvalue weighted by Gasteiger charge is 2.10. The number of aliphatic imine (C=N–C) groups is 1. The van der Waals surface area contributed by atoms with Crippen LogP contribution >= 0.6 is 0 Å². The van der Waals surface area contributed by atoms with E-state index in [1.807, 2.05) is 0 Å². The van der Waals surface area contributed by atoms with E-state index in [-0.39, 0.29) is 19.3 Å². The molecule has 0 spiro atoms. The van der Waals surface area contributed by atoms with Gasteiger partial charge in [0, 0.05) is 13.0 Å². The lowest BCUT2D eigenvalue weighted by atomic mass is 10.1. The second kappa shape index (κ2) is 5.11. The fraction of sp³-hybridized carbons (Fsp3) is 0.875. The summed E-state index contributed by atoms with van der Waals surface area (Å²) >= 11 is 0. The molecule has 4 nitrogen and oxygen atoms in total. The summed E-state index contributed by atoms with van der Waals surface area (Å²) in [5.41, 5.74) is 0. The van der Waals surface area contributed by atoms with E-state index in [1.165, 1.54) is 0 Å². The molecule has 0 saturated heterocycles. The SMILES string of the molecule is OCC(CO)NC1=NCCCC1. The monoisotopic (exact) mass is 172 g/mol. The predicted octanol–water partition coefficient (Wildman–Crippen LogP) is -0.488. The summed E-state index contributed by atoms with van der Waals surface area (Å²) in [6.45, 7) is 0.775. The molecule has 0 atom stereocenters. The van der Waals surface area contributed by atoms with E-state index in [9.17, 15) is 0 Å². The zero-order valence-corrected chi connectivity index (χ0v) is 7.16. The molecule has 1 heterocycles. The summed E-state index contributed by atoms with van der Waals surface area (Å²) in [7, 11) is 0. The maximum absolute atomic E-state index is 8.78. The number of hydrogen-bond acceptors (Lipinski definition) is 4. The van der Waals surface area contributed by atoms with Crippen molar-refractivity contribution in [3.8, 4) is 0 Å². The van der Waals surface area contributed by atoms with Gasteiger partial charge in [0.1, 0.15) is 0 Å². The highest BCUT2D eigenvalue weighted by molar-refractivity contribution is 5.82. The largest absolute Gasteiger partial charge is 0.394 e. The smallest absolute Gasteiger partial charge is 0.0966 e. The van der Waals surface area contributed by atoms with Crippen LogP contribution in [0, 0.1) is 0 Å². The lowest BCUT2D eigenvalue weighted by molar-refractivity contribution is 0.183. The predicted molar refractivity (Wildman–Crippen MR) is 47.2 cm³/mol. The summed E-state index contributed by atoms with van der Waals surface area (Å²) in [5.74, 6) is 0.925. The third kappa shape index (κ3) is 2.79. The van der Waals surface area contributed by atoms with Crippen molar-refractivity contribution in [2.24, 2.45) is 4.99 Å². The van der Waals surface area contributed by atoms with Gasteiger partial charge in [0.15, 0.2) is 0 Å². The lowest BCUT2D eigenvalue weighted by Crippen LogP contribution is -2.40. The van der Waals surface area contributed by atoms with Gasteiger partial charge in [-0.2, -0.15) is 0 Å². The van der Waals surface area contributed by atoms with Gasteiger partial charge >= 0.3 is 0 Å². The second-order valence-electron chi connectivity index (χ2n) is 2.99. The van der Waals surface area contributed by atoms with Crippen LogP contribution < -0.4 is 5.32 Å². The van der Waals surface area contributed by atoms with Gasteiger partial charge in [0.05, 0.1) is 25.1 Å². The standard InChI is InChI=1S/C8H16N2O2/c11-5-7(6-12)10-8-3-1-2-4-9-8/h7,11-12H,1-6H2,(H,9,10). The number of nitrogens with one attached hydrogen (secondary N) is 1. The van der Waals surface area contributed by atoms with Gasteiger partial charge in [-0.05, 0) is 12.8 Å². The molecule has 3 N–H and O–H groups in total. The number of hydrogen-bond donors (Lipinski definition) is 3. The van der Waals surface area contributed by atoms with Gasteiger partial charge in [-0.1, -0.05) is 0 Å². The Morgan fingerprint density at radius 1 is 1.33 bits per heavy atom. The maximum atomic E-state index is 8.78. The average Bonchev–Trinajstić information content (AvgIpc) is 2.16. The van der Waals surface area contributed by atoms with E-state index in [2.05, 4.69) is 10.3 Å². The molecule has 0 radical (unpaired) electrons. The number of nitrogens with zero attached hydrogens (tertiary/aromatic N) is 1. The van der Waals surface area contributed by atoms with Crippen LogP contribution in [0.3, 0.4) is 0 Å². The molecule has 0 aromatic heterocycles. The fourth-order valence-corrected chi connectivity index (χ4v) is 1.20. The number of aliphatic hydroxyl groups is 2. The molecule has 0 aromatic carbocycles. The molecule has 0 bridgehead atoms. The third-order valence-corrected chi connectivity index (χ3v) is 1.94. The zero-order valence-electron chi connectivity index (χ0n) is 7.16. The Morgan fingerprint density at radius 3 is 2.58 bits per heavy atom. The van der Waals surface area contributed by atoms with Crippen molar-refractivity contribution >= 4 is 5.84 Å². The van der Waals surface area contributed by atoms with Crippen LogP contribution in [0.5, 0.6) is 0 Å². The minimum Gasteiger partial charge on any atom is -0.394 e. The van der Waals surface area contributed by atoms with Gasteiger partial charge in [-0.15, -0.1) is 0 Å². The van der Waals surface area contributed by atoms with Crippen molar-refractivity contribution in [3.05, 3.63) is 0 Å². The van der Waals surface area contributed by atoms with Gasteiger partial charge in [0.25, 0.3) is 0 Å². The Balaban J connectivity index is 2.32. The van der Waals surface area contributed by atoms with Crippen molar-refractivity contribution in [3.63, 3.8) is 0 Å². The van der Waals surface area contributed by atoms with Crippen LogP contribution in [-0.2, 0) is 0 Å². The van der Waals surface area contributed by atoms with Crippen LogP contribution in [0.25, 0.3) is 0 Å². The molecule has 0 amide bonds. The third-order valence-electron chi connectivity index (χ3n) is 1.94. The van der Waals surface area contributed by atoms with E-state index >= 15 is 0 Å². The molecule has 0 unspecified atom stereocenters. The number of rotatable bonds is 3. The van der Waals surface area contributed by atoms with Crippen LogP contribution in [0.1, 0.15) is 19.3 Å². The highest BCUT2D eigenvalue weighted by atomic mass is 16.3. The van der Waals surface area contributed by atoms with Gasteiger partial charge in [0.2, 0.25) is 0 Å². The topological polar surface area (TPSA) is 64.8 Å². The van der Waals surface area contributed by atoms with E-state index < -0.39 is 0 Å². The van der Waals surface area contributed by atoms with E-state index in [0.29, 0.717) is 0 Å². The van der Waals surface area contributed by atoms with Crippen LogP contribution in [0.2, 0.25) is 0 Å². The van der Waals surface area contributed by atoms with Gasteiger partial charge in [-0.3, -0.25) is 4.99 Å². The summed E-state index contributed by atoms with van der Waals surface area (Å²) in [6, 6.07) is -0.248. The fourth-order valence-electron chi connectivity index (χ4n) is 1.20.